The fourth-order valence-electron chi connectivity index (χ4n) is 0.528. The van der Waals surface area contributed by atoms with Crippen LogP contribution in [0.25, 0.3) is 0 Å². The summed E-state index contributed by atoms with van der Waals surface area (Å²) in [4.78, 5) is 3.62. The normalized spacial score (nSPS) is 8.45. The maximum absolute atomic E-state index is 4.79. The van der Waals surface area contributed by atoms with Crippen molar-refractivity contribution in [2.45, 2.75) is 0 Å². The topological polar surface area (TPSA) is 47.4 Å². The molecule has 0 aliphatic heterocycles. The fraction of sp³-hybridized carbons (Fsp3) is 0.167. The quantitative estimate of drug-likeness (QED) is 0.490. The number of aliphatic imine (C=N–C) groups is 1. The zero-order valence-electron chi connectivity index (χ0n) is 5.81. The van der Waals surface area contributed by atoms with Crippen molar-refractivity contribution in [3.05, 3.63) is 12.1 Å². The largest absolute Gasteiger partial charge is 0.480 e. The van der Waals surface area contributed by atoms with Gasteiger partial charge in [0.05, 0.1) is 12.3 Å². The van der Waals surface area contributed by atoms with E-state index >= 15 is 0 Å². The number of hydrogen-bond acceptors (Lipinski definition) is 5. The first-order chi connectivity index (χ1) is 5.36. The summed E-state index contributed by atoms with van der Waals surface area (Å²) >= 11 is 4.38. The highest BCUT2D eigenvalue weighted by Gasteiger charge is 1.92. The van der Waals surface area contributed by atoms with Gasteiger partial charge in [0.25, 0.3) is 0 Å². The Hall–Kier alpha value is -1.32. The van der Waals surface area contributed by atoms with Crippen molar-refractivity contribution >= 4 is 23.2 Å². The zero-order valence-corrected chi connectivity index (χ0v) is 6.63. The number of thiocarbonyl (C=S) groups is 1. The van der Waals surface area contributed by atoms with Gasteiger partial charge in [-0.25, -0.2) is 0 Å². The Kier molecular flexibility index (Phi) is 2.66. The first kappa shape index (κ1) is 7.78. The van der Waals surface area contributed by atoms with E-state index in [9.17, 15) is 0 Å². The molecule has 56 valence electrons. The molecule has 0 saturated heterocycles. The van der Waals surface area contributed by atoms with Crippen molar-refractivity contribution in [1.82, 2.24) is 10.2 Å². The van der Waals surface area contributed by atoms with Crippen molar-refractivity contribution in [1.29, 1.82) is 0 Å². The van der Waals surface area contributed by atoms with Crippen LogP contribution in [-0.4, -0.2) is 22.5 Å². The highest BCUT2D eigenvalue weighted by Crippen LogP contribution is 2.08. The highest BCUT2D eigenvalue weighted by molar-refractivity contribution is 7.78. The molecule has 4 nitrogen and oxygen atoms in total. The second-order valence-electron chi connectivity index (χ2n) is 1.64. The van der Waals surface area contributed by atoms with Gasteiger partial charge in [0.2, 0.25) is 5.88 Å². The van der Waals surface area contributed by atoms with Gasteiger partial charge in [-0.2, -0.15) is 4.99 Å². The minimum atomic E-state index is 0.431. The molecular weight excluding hydrogens is 162 g/mol. The third-order valence-electron chi connectivity index (χ3n) is 0.995. The molecule has 0 radical (unpaired) electrons. The summed E-state index contributed by atoms with van der Waals surface area (Å²) in [5.41, 5.74) is 0. The molecule has 1 heterocycles. The van der Waals surface area contributed by atoms with E-state index < -0.39 is 0 Å². The van der Waals surface area contributed by atoms with Gasteiger partial charge in [0.15, 0.2) is 5.82 Å². The molecule has 0 spiro atoms. The first-order valence-corrected chi connectivity index (χ1v) is 3.23. The lowest BCUT2D eigenvalue weighted by Gasteiger charge is -1.94. The summed E-state index contributed by atoms with van der Waals surface area (Å²) in [5, 5.41) is 9.52. The summed E-state index contributed by atoms with van der Waals surface area (Å²) in [6, 6.07) is 3.30. The molecule has 0 bridgehead atoms. The van der Waals surface area contributed by atoms with Crippen LogP contribution in [0.3, 0.4) is 0 Å². The summed E-state index contributed by atoms with van der Waals surface area (Å²) in [6.07, 6.45) is 0. The minimum absolute atomic E-state index is 0.431. The van der Waals surface area contributed by atoms with Crippen LogP contribution >= 0.6 is 12.2 Å². The molecule has 0 aromatic carbocycles. The summed E-state index contributed by atoms with van der Waals surface area (Å²) < 4.78 is 4.79. The molecule has 0 saturated carbocycles. The molecule has 1 aromatic rings. The zero-order chi connectivity index (χ0) is 8.10. The van der Waals surface area contributed by atoms with Gasteiger partial charge < -0.3 is 4.74 Å². The van der Waals surface area contributed by atoms with E-state index in [4.69, 9.17) is 4.74 Å². The summed E-state index contributed by atoms with van der Waals surface area (Å²) in [6.45, 7) is 0. The van der Waals surface area contributed by atoms with Crippen molar-refractivity contribution in [3.8, 4) is 5.88 Å². The number of aromatic nitrogens is 2. The van der Waals surface area contributed by atoms with Crippen LogP contribution in [-0.2, 0) is 0 Å². The van der Waals surface area contributed by atoms with E-state index in [1.165, 1.54) is 7.11 Å². The predicted molar refractivity (Wildman–Crippen MR) is 43.3 cm³/mol. The van der Waals surface area contributed by atoms with Crippen LogP contribution in [0.4, 0.5) is 5.82 Å². The maximum atomic E-state index is 4.79. The van der Waals surface area contributed by atoms with Crippen LogP contribution in [0.1, 0.15) is 0 Å². The number of isothiocyanates is 1. The van der Waals surface area contributed by atoms with Crippen LogP contribution in [0, 0.1) is 0 Å². The molecule has 0 aliphatic rings. The van der Waals surface area contributed by atoms with E-state index in [0.29, 0.717) is 11.7 Å². The maximum Gasteiger partial charge on any atom is 0.233 e. The van der Waals surface area contributed by atoms with Gasteiger partial charge in [-0.1, -0.05) is 0 Å². The van der Waals surface area contributed by atoms with E-state index in [1.807, 2.05) is 0 Å². The average molecular weight is 167 g/mol. The molecule has 0 unspecified atom stereocenters. The smallest absolute Gasteiger partial charge is 0.233 e. The summed E-state index contributed by atoms with van der Waals surface area (Å²) in [5.74, 6) is 0.883. The molecule has 0 fully saturated rings. The first-order valence-electron chi connectivity index (χ1n) is 2.82. The van der Waals surface area contributed by atoms with Crippen molar-refractivity contribution in [2.75, 3.05) is 7.11 Å². The lowest BCUT2D eigenvalue weighted by molar-refractivity contribution is 0.392. The Labute approximate surface area is 68.9 Å². The van der Waals surface area contributed by atoms with Crippen LogP contribution < -0.4 is 4.74 Å². The SMILES string of the molecule is COc1ccc(N=C=S)nn1. The van der Waals surface area contributed by atoms with Gasteiger partial charge in [-0.05, 0) is 18.3 Å². The van der Waals surface area contributed by atoms with Gasteiger partial charge in [0.1, 0.15) is 0 Å². The Bertz CT molecular complexity index is 278. The Morgan fingerprint density at radius 1 is 1.55 bits per heavy atom. The minimum Gasteiger partial charge on any atom is -0.480 e. The van der Waals surface area contributed by atoms with Crippen molar-refractivity contribution < 1.29 is 4.74 Å². The highest BCUT2D eigenvalue weighted by atomic mass is 32.1. The number of ether oxygens (including phenoxy) is 1. The third-order valence-corrected chi connectivity index (χ3v) is 1.09. The molecule has 0 atom stereocenters. The monoisotopic (exact) mass is 167 g/mol. The lowest BCUT2D eigenvalue weighted by atomic mass is 10.5. The number of hydrogen-bond donors (Lipinski definition) is 0. The van der Waals surface area contributed by atoms with E-state index in [-0.39, 0.29) is 0 Å². The molecule has 0 amide bonds. The van der Waals surface area contributed by atoms with Gasteiger partial charge in [-0.15, -0.1) is 10.2 Å². The van der Waals surface area contributed by atoms with Crippen molar-refractivity contribution in [3.63, 3.8) is 0 Å². The van der Waals surface area contributed by atoms with Crippen molar-refractivity contribution in [2.24, 2.45) is 4.99 Å². The number of methoxy groups -OCH3 is 1. The average Bonchev–Trinajstić information content (AvgIpc) is 2.07. The molecule has 5 heteroatoms. The van der Waals surface area contributed by atoms with Crippen LogP contribution in [0.5, 0.6) is 5.88 Å². The van der Waals surface area contributed by atoms with E-state index in [1.54, 1.807) is 12.1 Å². The molecule has 1 rings (SSSR count). The summed E-state index contributed by atoms with van der Waals surface area (Å²) in [7, 11) is 1.52. The van der Waals surface area contributed by atoms with E-state index in [2.05, 4.69) is 32.6 Å². The predicted octanol–water partition coefficient (Wildman–Crippen LogP) is 1.22. The van der Waals surface area contributed by atoms with Gasteiger partial charge in [-0.3, -0.25) is 0 Å². The Morgan fingerprint density at radius 2 is 2.36 bits per heavy atom. The lowest BCUT2D eigenvalue weighted by Crippen LogP contribution is -1.88. The Morgan fingerprint density at radius 3 is 2.82 bits per heavy atom. The molecule has 0 aliphatic carbocycles. The molecular formula is C6H5N3OS. The van der Waals surface area contributed by atoms with Crippen LogP contribution in [0.15, 0.2) is 17.1 Å². The third kappa shape index (κ3) is 2.07. The number of nitrogens with zero attached hydrogens (tertiary/aromatic N) is 3. The molecule has 11 heavy (non-hydrogen) atoms. The van der Waals surface area contributed by atoms with Crippen LogP contribution in [0.2, 0.25) is 0 Å². The molecule has 0 N–H and O–H groups in total. The van der Waals surface area contributed by atoms with Gasteiger partial charge in [0, 0.05) is 6.07 Å². The fourth-order valence-corrected chi connectivity index (χ4v) is 0.622. The second kappa shape index (κ2) is 3.75. The Balaban J connectivity index is 2.91. The van der Waals surface area contributed by atoms with Gasteiger partial charge >= 0.3 is 0 Å². The van der Waals surface area contributed by atoms with E-state index in [0.717, 1.165) is 0 Å². The standard InChI is InChI=1S/C6H5N3OS/c1-10-6-3-2-5(7-4-11)8-9-6/h2-3H,1H3. The molecule has 1 aromatic heterocycles. The second-order valence-corrected chi connectivity index (χ2v) is 1.82. The number of rotatable bonds is 2.